The normalized spacial score (nSPS) is 23.5. The highest BCUT2D eigenvalue weighted by Crippen LogP contribution is 2.22. The van der Waals surface area contributed by atoms with Crippen molar-refractivity contribution in [3.63, 3.8) is 0 Å². The van der Waals surface area contributed by atoms with Gasteiger partial charge in [-0.3, -0.25) is 9.69 Å². The summed E-state index contributed by atoms with van der Waals surface area (Å²) in [5.41, 5.74) is 1.11. The number of likely N-dealkylation sites (tertiary alicyclic amines) is 1. The molecular weight excluding hydrogens is 288 g/mol. The first kappa shape index (κ1) is 14.8. The summed E-state index contributed by atoms with van der Waals surface area (Å²) in [5, 5.41) is 3.80. The molecule has 0 spiro atoms. The van der Waals surface area contributed by atoms with Gasteiger partial charge in [0.1, 0.15) is 5.15 Å². The van der Waals surface area contributed by atoms with Crippen LogP contribution in [0.4, 0.5) is 0 Å². The third-order valence-electron chi connectivity index (χ3n) is 4.25. The van der Waals surface area contributed by atoms with Gasteiger partial charge in [-0.25, -0.2) is 4.98 Å². The number of nitrogens with zero attached hydrogens (tertiary/aromatic N) is 3. The highest BCUT2D eigenvalue weighted by atomic mass is 35.5. The average molecular weight is 309 g/mol. The number of hydrogen-bond acceptors (Lipinski definition) is 4. The summed E-state index contributed by atoms with van der Waals surface area (Å²) in [6.07, 6.45) is 3.85. The van der Waals surface area contributed by atoms with E-state index < -0.39 is 0 Å². The lowest BCUT2D eigenvalue weighted by Crippen LogP contribution is -2.52. The van der Waals surface area contributed by atoms with Gasteiger partial charge in [0.05, 0.1) is 6.04 Å². The smallest absolute Gasteiger partial charge is 0.240 e. The molecule has 6 heteroatoms. The van der Waals surface area contributed by atoms with Crippen LogP contribution < -0.4 is 5.32 Å². The van der Waals surface area contributed by atoms with Crippen LogP contribution in [0.1, 0.15) is 18.4 Å². The second kappa shape index (κ2) is 6.73. The van der Waals surface area contributed by atoms with Crippen LogP contribution in [0.15, 0.2) is 18.3 Å². The number of pyridine rings is 1. The van der Waals surface area contributed by atoms with Gasteiger partial charge in [-0.1, -0.05) is 17.7 Å². The number of aromatic nitrogens is 1. The molecule has 0 radical (unpaired) electrons. The number of carbonyl (C=O) groups is 1. The Hall–Kier alpha value is -1.17. The lowest BCUT2D eigenvalue weighted by atomic mass is 10.1. The average Bonchev–Trinajstić information content (AvgIpc) is 2.98. The first-order chi connectivity index (χ1) is 10.2. The maximum Gasteiger partial charge on any atom is 0.240 e. The van der Waals surface area contributed by atoms with Gasteiger partial charge in [0.25, 0.3) is 0 Å². The van der Waals surface area contributed by atoms with Crippen molar-refractivity contribution in [2.24, 2.45) is 0 Å². The number of amides is 1. The maximum atomic E-state index is 12.7. The minimum Gasteiger partial charge on any atom is -0.339 e. The quantitative estimate of drug-likeness (QED) is 0.851. The molecule has 2 saturated heterocycles. The van der Waals surface area contributed by atoms with E-state index in [9.17, 15) is 4.79 Å². The number of hydrogen-bond donors (Lipinski definition) is 1. The van der Waals surface area contributed by atoms with E-state index in [-0.39, 0.29) is 11.9 Å². The molecule has 5 nitrogen and oxygen atoms in total. The summed E-state index contributed by atoms with van der Waals surface area (Å²) in [6.45, 7) is 5.20. The number of piperazine rings is 1. The van der Waals surface area contributed by atoms with Gasteiger partial charge < -0.3 is 10.2 Å². The van der Waals surface area contributed by atoms with Crippen molar-refractivity contribution in [3.8, 4) is 0 Å². The Morgan fingerprint density at radius 1 is 1.33 bits per heavy atom. The van der Waals surface area contributed by atoms with Crippen molar-refractivity contribution in [1.29, 1.82) is 0 Å². The van der Waals surface area contributed by atoms with Crippen LogP contribution in [0.3, 0.4) is 0 Å². The Balaban J connectivity index is 1.64. The van der Waals surface area contributed by atoms with Crippen LogP contribution >= 0.6 is 11.6 Å². The van der Waals surface area contributed by atoms with E-state index in [0.717, 1.165) is 57.7 Å². The molecule has 1 amide bonds. The lowest BCUT2D eigenvalue weighted by Gasteiger charge is -2.33. The third kappa shape index (κ3) is 3.54. The fourth-order valence-electron chi connectivity index (χ4n) is 3.13. The zero-order chi connectivity index (χ0) is 14.7. The Labute approximate surface area is 130 Å². The molecular formula is C15H21ClN4O. The highest BCUT2D eigenvalue weighted by Gasteiger charge is 2.33. The van der Waals surface area contributed by atoms with Crippen molar-refractivity contribution in [2.75, 3.05) is 32.7 Å². The Morgan fingerprint density at radius 2 is 2.14 bits per heavy atom. The fraction of sp³-hybridized carbons (Fsp3) is 0.600. The minimum absolute atomic E-state index is 0.0266. The lowest BCUT2D eigenvalue weighted by molar-refractivity contribution is -0.136. The van der Waals surface area contributed by atoms with Gasteiger partial charge in [-0.05, 0) is 31.0 Å². The largest absolute Gasteiger partial charge is 0.339 e. The van der Waals surface area contributed by atoms with E-state index in [1.165, 1.54) is 0 Å². The number of halogens is 1. The van der Waals surface area contributed by atoms with Crippen molar-refractivity contribution in [3.05, 3.63) is 29.0 Å². The molecule has 2 fully saturated rings. The molecule has 1 N–H and O–H groups in total. The van der Waals surface area contributed by atoms with Crippen LogP contribution in [-0.2, 0) is 11.3 Å². The molecule has 1 aromatic rings. The summed E-state index contributed by atoms with van der Waals surface area (Å²) in [6, 6.07) is 3.82. The van der Waals surface area contributed by atoms with Crippen LogP contribution in [0.5, 0.6) is 0 Å². The van der Waals surface area contributed by atoms with Gasteiger partial charge in [0, 0.05) is 38.9 Å². The Bertz CT molecular complexity index is 487. The van der Waals surface area contributed by atoms with Crippen LogP contribution in [-0.4, -0.2) is 59.5 Å². The van der Waals surface area contributed by atoms with Gasteiger partial charge in [0.2, 0.25) is 5.91 Å². The predicted octanol–water partition coefficient (Wildman–Crippen LogP) is 1.13. The van der Waals surface area contributed by atoms with E-state index in [1.807, 2.05) is 11.0 Å². The molecule has 1 aromatic heterocycles. The van der Waals surface area contributed by atoms with Gasteiger partial charge in [-0.15, -0.1) is 0 Å². The third-order valence-corrected chi connectivity index (χ3v) is 4.48. The van der Waals surface area contributed by atoms with E-state index in [1.54, 1.807) is 12.3 Å². The van der Waals surface area contributed by atoms with Crippen molar-refractivity contribution < 1.29 is 4.79 Å². The molecule has 114 valence electrons. The number of nitrogens with one attached hydrogen (secondary N) is 1. The Kier molecular flexibility index (Phi) is 4.73. The fourth-order valence-corrected chi connectivity index (χ4v) is 3.24. The minimum atomic E-state index is 0.0266. The second-order valence-electron chi connectivity index (χ2n) is 5.69. The van der Waals surface area contributed by atoms with Crippen LogP contribution in [0, 0.1) is 0 Å². The van der Waals surface area contributed by atoms with E-state index >= 15 is 0 Å². The molecule has 3 heterocycles. The first-order valence-corrected chi connectivity index (χ1v) is 7.96. The topological polar surface area (TPSA) is 48.5 Å². The zero-order valence-corrected chi connectivity index (χ0v) is 12.9. The van der Waals surface area contributed by atoms with Crippen molar-refractivity contribution in [2.45, 2.75) is 25.4 Å². The summed E-state index contributed by atoms with van der Waals surface area (Å²) >= 11 is 5.82. The standard InChI is InChI=1S/C15H21ClN4O/c16-14-4-3-12(10-18-14)11-20-7-1-2-13(20)15(21)19-8-5-17-6-9-19/h3-4,10,13,17H,1-2,5-9,11H2. The Morgan fingerprint density at radius 3 is 2.86 bits per heavy atom. The molecule has 3 rings (SSSR count). The molecule has 1 atom stereocenters. The van der Waals surface area contributed by atoms with Gasteiger partial charge in [-0.2, -0.15) is 0 Å². The van der Waals surface area contributed by atoms with Crippen molar-refractivity contribution in [1.82, 2.24) is 20.1 Å². The summed E-state index contributed by atoms with van der Waals surface area (Å²) in [7, 11) is 0. The molecule has 0 saturated carbocycles. The predicted molar refractivity (Wildman–Crippen MR) is 82.1 cm³/mol. The highest BCUT2D eigenvalue weighted by molar-refractivity contribution is 6.29. The van der Waals surface area contributed by atoms with Crippen molar-refractivity contribution >= 4 is 17.5 Å². The number of carbonyl (C=O) groups excluding carboxylic acids is 1. The van der Waals surface area contributed by atoms with Crippen LogP contribution in [0.2, 0.25) is 5.15 Å². The molecule has 0 aliphatic carbocycles. The second-order valence-corrected chi connectivity index (χ2v) is 6.08. The van der Waals surface area contributed by atoms with E-state index in [4.69, 9.17) is 11.6 Å². The summed E-state index contributed by atoms with van der Waals surface area (Å²) in [4.78, 5) is 21.1. The maximum absolute atomic E-state index is 12.7. The van der Waals surface area contributed by atoms with E-state index in [0.29, 0.717) is 5.15 Å². The van der Waals surface area contributed by atoms with E-state index in [2.05, 4.69) is 15.2 Å². The molecule has 0 bridgehead atoms. The summed E-state index contributed by atoms with van der Waals surface area (Å²) < 4.78 is 0. The zero-order valence-electron chi connectivity index (χ0n) is 12.1. The molecule has 1 unspecified atom stereocenters. The van der Waals surface area contributed by atoms with Gasteiger partial charge >= 0.3 is 0 Å². The van der Waals surface area contributed by atoms with Gasteiger partial charge in [0.15, 0.2) is 0 Å². The number of rotatable bonds is 3. The first-order valence-electron chi connectivity index (χ1n) is 7.58. The molecule has 2 aliphatic heterocycles. The molecule has 21 heavy (non-hydrogen) atoms. The summed E-state index contributed by atoms with van der Waals surface area (Å²) in [5.74, 6) is 0.288. The monoisotopic (exact) mass is 308 g/mol. The van der Waals surface area contributed by atoms with Crippen LogP contribution in [0.25, 0.3) is 0 Å². The molecule has 2 aliphatic rings. The molecule has 0 aromatic carbocycles. The SMILES string of the molecule is O=C(C1CCCN1Cc1ccc(Cl)nc1)N1CCNCC1.